The van der Waals surface area contributed by atoms with E-state index >= 15 is 0 Å². The lowest BCUT2D eigenvalue weighted by molar-refractivity contribution is 0.0976. The third-order valence-corrected chi connectivity index (χ3v) is 4.57. The first-order valence-electron chi connectivity index (χ1n) is 8.25. The van der Waals surface area contributed by atoms with Gasteiger partial charge in [-0.05, 0) is 42.8 Å². The fourth-order valence-corrected chi connectivity index (χ4v) is 2.94. The van der Waals surface area contributed by atoms with Crippen LogP contribution in [-0.2, 0) is 11.2 Å². The average molecular weight is 392 g/mol. The van der Waals surface area contributed by atoms with Gasteiger partial charge in [-0.2, -0.15) is 5.10 Å². The third kappa shape index (κ3) is 4.36. The van der Waals surface area contributed by atoms with E-state index in [0.29, 0.717) is 28.0 Å². The Morgan fingerprint density at radius 2 is 1.81 bits per heavy atom. The normalized spacial score (nSPS) is 12.2. The highest BCUT2D eigenvalue weighted by Gasteiger charge is 2.15. The second kappa shape index (κ2) is 8.54. The van der Waals surface area contributed by atoms with Crippen molar-refractivity contribution in [3.05, 3.63) is 64.7 Å². The lowest BCUT2D eigenvalue weighted by Crippen LogP contribution is -2.16. The Hall–Kier alpha value is -2.08. The molecule has 0 saturated carbocycles. The highest BCUT2D eigenvalue weighted by molar-refractivity contribution is 6.32. The van der Waals surface area contributed by atoms with Crippen molar-refractivity contribution in [1.29, 1.82) is 0 Å². The monoisotopic (exact) mass is 391 g/mol. The van der Waals surface area contributed by atoms with Gasteiger partial charge in [-0.25, -0.2) is 9.67 Å². The molecule has 0 bridgehead atoms. The van der Waals surface area contributed by atoms with Gasteiger partial charge < -0.3 is 9.47 Å². The second-order valence-electron chi connectivity index (χ2n) is 5.73. The van der Waals surface area contributed by atoms with Crippen LogP contribution in [0, 0.1) is 0 Å². The number of methoxy groups -OCH3 is 1. The van der Waals surface area contributed by atoms with Crippen LogP contribution in [0.5, 0.6) is 11.5 Å². The minimum atomic E-state index is 0.0873. The number of rotatable bonds is 7. The predicted octanol–water partition coefficient (Wildman–Crippen LogP) is 5.33. The van der Waals surface area contributed by atoms with Gasteiger partial charge in [0.15, 0.2) is 0 Å². The van der Waals surface area contributed by atoms with Crippen molar-refractivity contribution in [2.75, 3.05) is 7.11 Å². The van der Waals surface area contributed by atoms with Gasteiger partial charge in [0.1, 0.15) is 23.7 Å². The highest BCUT2D eigenvalue weighted by Crippen LogP contribution is 2.29. The summed E-state index contributed by atoms with van der Waals surface area (Å²) in [5.41, 5.74) is 0.744. The quantitative estimate of drug-likeness (QED) is 0.545. The average Bonchev–Trinajstić information content (AvgIpc) is 3.09. The van der Waals surface area contributed by atoms with Crippen LogP contribution in [0.15, 0.2) is 48.8 Å². The van der Waals surface area contributed by atoms with Crippen molar-refractivity contribution in [2.24, 2.45) is 0 Å². The van der Waals surface area contributed by atoms with Gasteiger partial charge in [0.2, 0.25) is 0 Å². The molecule has 1 aromatic heterocycles. The van der Waals surface area contributed by atoms with Crippen LogP contribution < -0.4 is 4.74 Å². The summed E-state index contributed by atoms with van der Waals surface area (Å²) in [7, 11) is 1.70. The number of aromatic nitrogens is 3. The largest absolute Gasteiger partial charge is 0.457 e. The summed E-state index contributed by atoms with van der Waals surface area (Å²) in [5, 5.41) is 5.48. The first kappa shape index (κ1) is 18.7. The SMILES string of the molecule is CCC(Cc1ncnn1-c1ccc(Oc2ccc(Cl)cc2)cc1Cl)OC. The molecule has 0 aliphatic carbocycles. The molecule has 0 radical (unpaired) electrons. The smallest absolute Gasteiger partial charge is 0.138 e. The molecule has 7 heteroatoms. The van der Waals surface area contributed by atoms with E-state index in [-0.39, 0.29) is 6.10 Å². The summed E-state index contributed by atoms with van der Waals surface area (Å²) < 4.78 is 13.0. The Morgan fingerprint density at radius 1 is 1.08 bits per heavy atom. The molecule has 2 aromatic carbocycles. The van der Waals surface area contributed by atoms with Gasteiger partial charge in [0.05, 0.1) is 16.8 Å². The fourth-order valence-electron chi connectivity index (χ4n) is 2.57. The van der Waals surface area contributed by atoms with Crippen molar-refractivity contribution in [3.63, 3.8) is 0 Å². The van der Waals surface area contributed by atoms with Crippen molar-refractivity contribution < 1.29 is 9.47 Å². The van der Waals surface area contributed by atoms with Crippen LogP contribution in [0.3, 0.4) is 0 Å². The van der Waals surface area contributed by atoms with Crippen molar-refractivity contribution in [1.82, 2.24) is 14.8 Å². The van der Waals surface area contributed by atoms with E-state index in [1.165, 1.54) is 6.33 Å². The molecule has 0 amide bonds. The Kier molecular flexibility index (Phi) is 6.14. The van der Waals surface area contributed by atoms with Gasteiger partial charge in [-0.15, -0.1) is 0 Å². The number of halogens is 2. The Labute approximate surface area is 162 Å². The standard InChI is InChI=1S/C19H19Cl2N3O2/c1-3-14(25-2)11-19-22-12-23-24(19)18-9-8-16(10-17(18)21)26-15-6-4-13(20)5-7-15/h4-10,12,14H,3,11H2,1-2H3. The lowest BCUT2D eigenvalue weighted by atomic mass is 10.2. The molecular weight excluding hydrogens is 373 g/mol. The molecule has 1 atom stereocenters. The van der Waals surface area contributed by atoms with Crippen LogP contribution in [-0.4, -0.2) is 28.0 Å². The maximum Gasteiger partial charge on any atom is 0.138 e. The third-order valence-electron chi connectivity index (χ3n) is 4.01. The Bertz CT molecular complexity index is 861. The number of hydrogen-bond acceptors (Lipinski definition) is 4. The van der Waals surface area contributed by atoms with Crippen LogP contribution in [0.1, 0.15) is 19.2 Å². The predicted molar refractivity (Wildman–Crippen MR) is 103 cm³/mol. The molecule has 26 heavy (non-hydrogen) atoms. The Balaban J connectivity index is 1.82. The van der Waals surface area contributed by atoms with E-state index in [9.17, 15) is 0 Å². The van der Waals surface area contributed by atoms with E-state index in [1.807, 2.05) is 12.1 Å². The molecular formula is C19H19Cl2N3O2. The highest BCUT2D eigenvalue weighted by atomic mass is 35.5. The zero-order valence-electron chi connectivity index (χ0n) is 14.5. The molecule has 3 aromatic rings. The fraction of sp³-hybridized carbons (Fsp3) is 0.263. The maximum atomic E-state index is 6.47. The molecule has 0 aliphatic rings. The molecule has 136 valence electrons. The van der Waals surface area contributed by atoms with E-state index in [2.05, 4.69) is 17.0 Å². The summed E-state index contributed by atoms with van der Waals surface area (Å²) in [4.78, 5) is 4.34. The summed E-state index contributed by atoms with van der Waals surface area (Å²) in [6.07, 6.45) is 3.16. The summed E-state index contributed by atoms with van der Waals surface area (Å²) in [5.74, 6) is 2.11. The molecule has 0 fully saturated rings. The molecule has 3 rings (SSSR count). The van der Waals surface area contributed by atoms with E-state index in [1.54, 1.807) is 42.1 Å². The molecule has 1 unspecified atom stereocenters. The van der Waals surface area contributed by atoms with Gasteiger partial charge in [0, 0.05) is 24.6 Å². The van der Waals surface area contributed by atoms with Gasteiger partial charge in [-0.1, -0.05) is 30.1 Å². The zero-order chi connectivity index (χ0) is 18.5. The first-order valence-corrected chi connectivity index (χ1v) is 9.01. The van der Waals surface area contributed by atoms with Gasteiger partial charge >= 0.3 is 0 Å². The van der Waals surface area contributed by atoms with Crippen molar-refractivity contribution >= 4 is 23.2 Å². The second-order valence-corrected chi connectivity index (χ2v) is 6.57. The minimum Gasteiger partial charge on any atom is -0.457 e. The first-order chi connectivity index (χ1) is 12.6. The molecule has 0 aliphatic heterocycles. The number of hydrogen-bond donors (Lipinski definition) is 0. The molecule has 0 N–H and O–H groups in total. The van der Waals surface area contributed by atoms with E-state index < -0.39 is 0 Å². The molecule has 0 saturated heterocycles. The van der Waals surface area contributed by atoms with Crippen LogP contribution >= 0.6 is 23.2 Å². The summed E-state index contributed by atoms with van der Waals surface area (Å²) in [6, 6.07) is 12.6. The number of benzene rings is 2. The van der Waals surface area contributed by atoms with E-state index in [4.69, 9.17) is 32.7 Å². The minimum absolute atomic E-state index is 0.0873. The summed E-state index contributed by atoms with van der Waals surface area (Å²) >= 11 is 12.4. The van der Waals surface area contributed by atoms with Gasteiger partial charge in [-0.3, -0.25) is 0 Å². The maximum absolute atomic E-state index is 6.47. The number of ether oxygens (including phenoxy) is 2. The topological polar surface area (TPSA) is 49.2 Å². The van der Waals surface area contributed by atoms with Crippen LogP contribution in [0.4, 0.5) is 0 Å². The molecule has 0 spiro atoms. The lowest BCUT2D eigenvalue weighted by Gasteiger charge is -2.14. The summed E-state index contributed by atoms with van der Waals surface area (Å²) in [6.45, 7) is 2.07. The van der Waals surface area contributed by atoms with Gasteiger partial charge in [0.25, 0.3) is 0 Å². The van der Waals surface area contributed by atoms with Crippen LogP contribution in [0.25, 0.3) is 5.69 Å². The number of nitrogens with zero attached hydrogens (tertiary/aromatic N) is 3. The van der Waals surface area contributed by atoms with Crippen molar-refractivity contribution in [2.45, 2.75) is 25.9 Å². The zero-order valence-corrected chi connectivity index (χ0v) is 16.0. The van der Waals surface area contributed by atoms with E-state index in [0.717, 1.165) is 17.9 Å². The Morgan fingerprint density at radius 3 is 2.46 bits per heavy atom. The molecule has 5 nitrogen and oxygen atoms in total. The molecule has 1 heterocycles. The van der Waals surface area contributed by atoms with Crippen LogP contribution in [0.2, 0.25) is 10.0 Å². The van der Waals surface area contributed by atoms with Crippen molar-refractivity contribution in [3.8, 4) is 17.2 Å².